The van der Waals surface area contributed by atoms with Gasteiger partial charge in [-0.1, -0.05) is 12.1 Å². The summed E-state index contributed by atoms with van der Waals surface area (Å²) >= 11 is 1.61. The van der Waals surface area contributed by atoms with Crippen LogP contribution in [0.2, 0.25) is 0 Å². The molecular formula is C18H25N3O5S. The van der Waals surface area contributed by atoms with Crippen LogP contribution in [0.5, 0.6) is 5.75 Å². The van der Waals surface area contributed by atoms with E-state index >= 15 is 0 Å². The standard InChI is InChI=1S/C18H25N3O5S/c1-18(12-4-6-14(26-2)7-5-12)16(24)21(17(25)20-18)10-15(23)19-13(11-22)8-9-27-3/h4-7,13,22H,8-11H2,1-3H3,(H,19,23)(H,20,25)/t13-,18-/m0/s1. The summed E-state index contributed by atoms with van der Waals surface area (Å²) in [5.74, 6) is 0.426. The first-order valence-corrected chi connectivity index (χ1v) is 9.93. The third-order valence-electron chi connectivity index (χ3n) is 4.50. The fourth-order valence-electron chi connectivity index (χ4n) is 2.85. The topological polar surface area (TPSA) is 108 Å². The third kappa shape index (κ3) is 4.72. The highest BCUT2D eigenvalue weighted by molar-refractivity contribution is 7.98. The first-order valence-electron chi connectivity index (χ1n) is 8.53. The maximum absolute atomic E-state index is 12.8. The van der Waals surface area contributed by atoms with Gasteiger partial charge < -0.3 is 20.5 Å². The van der Waals surface area contributed by atoms with Crippen LogP contribution in [0.3, 0.4) is 0 Å². The van der Waals surface area contributed by atoms with Crippen LogP contribution in [0.4, 0.5) is 4.79 Å². The Balaban J connectivity index is 2.07. The Bertz CT molecular complexity index is 697. The fraction of sp³-hybridized carbons (Fsp3) is 0.500. The zero-order chi connectivity index (χ0) is 20.0. The number of carbonyl (C=O) groups is 3. The fourth-order valence-corrected chi connectivity index (χ4v) is 3.37. The van der Waals surface area contributed by atoms with E-state index in [4.69, 9.17) is 4.74 Å². The van der Waals surface area contributed by atoms with Crippen molar-refractivity contribution in [3.63, 3.8) is 0 Å². The molecule has 1 aliphatic rings. The molecule has 0 unspecified atom stereocenters. The molecule has 1 aromatic carbocycles. The average molecular weight is 395 g/mol. The summed E-state index contributed by atoms with van der Waals surface area (Å²) < 4.78 is 5.10. The molecular weight excluding hydrogens is 370 g/mol. The van der Waals surface area contributed by atoms with Gasteiger partial charge in [0.25, 0.3) is 5.91 Å². The number of urea groups is 1. The van der Waals surface area contributed by atoms with Gasteiger partial charge in [-0.25, -0.2) is 4.79 Å². The number of hydrogen-bond donors (Lipinski definition) is 3. The molecule has 9 heteroatoms. The Kier molecular flexibility index (Phi) is 7.09. The number of aliphatic hydroxyl groups is 1. The predicted molar refractivity (Wildman–Crippen MR) is 103 cm³/mol. The molecule has 1 saturated heterocycles. The molecule has 1 heterocycles. The molecule has 1 aromatic rings. The lowest BCUT2D eigenvalue weighted by Crippen LogP contribution is -2.46. The van der Waals surface area contributed by atoms with Gasteiger partial charge in [-0.3, -0.25) is 14.5 Å². The molecule has 148 valence electrons. The number of benzene rings is 1. The summed E-state index contributed by atoms with van der Waals surface area (Å²) in [6.45, 7) is 1.00. The molecule has 0 aliphatic carbocycles. The van der Waals surface area contributed by atoms with Crippen molar-refractivity contribution >= 4 is 29.6 Å². The second-order valence-electron chi connectivity index (χ2n) is 6.40. The number of rotatable bonds is 9. The zero-order valence-electron chi connectivity index (χ0n) is 15.7. The second-order valence-corrected chi connectivity index (χ2v) is 7.39. The van der Waals surface area contributed by atoms with Crippen LogP contribution < -0.4 is 15.4 Å². The molecule has 2 rings (SSSR count). The minimum atomic E-state index is -1.25. The molecule has 2 atom stereocenters. The summed E-state index contributed by atoms with van der Waals surface area (Å²) in [6, 6.07) is 5.77. The number of thioether (sulfide) groups is 1. The van der Waals surface area contributed by atoms with Crippen molar-refractivity contribution in [2.45, 2.75) is 24.9 Å². The first-order chi connectivity index (χ1) is 12.8. The van der Waals surface area contributed by atoms with Crippen LogP contribution in [-0.4, -0.2) is 66.2 Å². The predicted octanol–water partition coefficient (Wildman–Crippen LogP) is 0.692. The Morgan fingerprint density at radius 3 is 2.59 bits per heavy atom. The lowest BCUT2D eigenvalue weighted by atomic mass is 9.92. The van der Waals surface area contributed by atoms with Crippen LogP contribution in [0.1, 0.15) is 18.9 Å². The number of carbonyl (C=O) groups excluding carboxylic acids is 3. The highest BCUT2D eigenvalue weighted by Gasteiger charge is 2.49. The maximum atomic E-state index is 12.8. The Labute approximate surface area is 162 Å². The van der Waals surface area contributed by atoms with E-state index in [1.807, 2.05) is 6.26 Å². The average Bonchev–Trinajstić information content (AvgIpc) is 2.89. The van der Waals surface area contributed by atoms with Gasteiger partial charge in [0.05, 0.1) is 19.8 Å². The number of hydrogen-bond acceptors (Lipinski definition) is 6. The summed E-state index contributed by atoms with van der Waals surface area (Å²) in [7, 11) is 1.54. The Hall–Kier alpha value is -2.26. The van der Waals surface area contributed by atoms with Gasteiger partial charge in [0.1, 0.15) is 17.8 Å². The van der Waals surface area contributed by atoms with Gasteiger partial charge in [0, 0.05) is 0 Å². The molecule has 0 saturated carbocycles. The number of amides is 4. The van der Waals surface area contributed by atoms with Gasteiger partial charge in [0.15, 0.2) is 0 Å². The van der Waals surface area contributed by atoms with Crippen LogP contribution in [0.15, 0.2) is 24.3 Å². The van der Waals surface area contributed by atoms with E-state index < -0.39 is 36.0 Å². The monoisotopic (exact) mass is 395 g/mol. The second kappa shape index (κ2) is 9.09. The van der Waals surface area contributed by atoms with Gasteiger partial charge in [0.2, 0.25) is 5.91 Å². The molecule has 1 fully saturated rings. The van der Waals surface area contributed by atoms with Crippen molar-refractivity contribution in [1.29, 1.82) is 0 Å². The Morgan fingerprint density at radius 1 is 1.37 bits per heavy atom. The van der Waals surface area contributed by atoms with Crippen LogP contribution in [0, 0.1) is 0 Å². The summed E-state index contributed by atoms with van der Waals surface area (Å²) in [5, 5.41) is 14.7. The van der Waals surface area contributed by atoms with E-state index in [1.165, 1.54) is 0 Å². The minimum Gasteiger partial charge on any atom is -0.497 e. The van der Waals surface area contributed by atoms with Crippen molar-refractivity contribution < 1.29 is 24.2 Å². The third-order valence-corrected chi connectivity index (χ3v) is 5.14. The molecule has 0 bridgehead atoms. The minimum absolute atomic E-state index is 0.198. The molecule has 4 amide bonds. The SMILES string of the molecule is COc1ccc([C@]2(C)NC(=O)N(CC(=O)N[C@H](CO)CCSC)C2=O)cc1. The zero-order valence-corrected chi connectivity index (χ0v) is 16.5. The van der Waals surface area contributed by atoms with E-state index in [9.17, 15) is 19.5 Å². The van der Waals surface area contributed by atoms with Crippen molar-refractivity contribution in [3.8, 4) is 5.75 Å². The van der Waals surface area contributed by atoms with Crippen molar-refractivity contribution in [1.82, 2.24) is 15.5 Å². The molecule has 0 radical (unpaired) electrons. The first kappa shape index (κ1) is 21.0. The molecule has 3 N–H and O–H groups in total. The van der Waals surface area contributed by atoms with E-state index in [1.54, 1.807) is 50.1 Å². The summed E-state index contributed by atoms with van der Waals surface area (Å²) in [6.07, 6.45) is 2.54. The number of methoxy groups -OCH3 is 1. The number of imide groups is 1. The lowest BCUT2D eigenvalue weighted by Gasteiger charge is -2.22. The van der Waals surface area contributed by atoms with Crippen LogP contribution >= 0.6 is 11.8 Å². The number of nitrogens with one attached hydrogen (secondary N) is 2. The largest absolute Gasteiger partial charge is 0.497 e. The van der Waals surface area contributed by atoms with Crippen molar-refractivity contribution in [2.75, 3.05) is 32.3 Å². The smallest absolute Gasteiger partial charge is 0.325 e. The van der Waals surface area contributed by atoms with Gasteiger partial charge in [-0.05, 0) is 43.0 Å². The summed E-state index contributed by atoms with van der Waals surface area (Å²) in [5.41, 5.74) is -0.656. The normalized spacial score (nSPS) is 20.4. The van der Waals surface area contributed by atoms with Crippen molar-refractivity contribution in [2.24, 2.45) is 0 Å². The van der Waals surface area contributed by atoms with Crippen LogP contribution in [0.25, 0.3) is 0 Å². The van der Waals surface area contributed by atoms with Crippen molar-refractivity contribution in [3.05, 3.63) is 29.8 Å². The molecule has 1 aliphatic heterocycles. The molecule has 8 nitrogen and oxygen atoms in total. The highest BCUT2D eigenvalue weighted by Crippen LogP contribution is 2.29. The van der Waals surface area contributed by atoms with Gasteiger partial charge >= 0.3 is 6.03 Å². The number of nitrogens with zero attached hydrogens (tertiary/aromatic N) is 1. The van der Waals surface area contributed by atoms with Crippen LogP contribution in [-0.2, 0) is 15.1 Å². The maximum Gasteiger partial charge on any atom is 0.325 e. The molecule has 0 spiro atoms. The van der Waals surface area contributed by atoms with Gasteiger partial charge in [-0.15, -0.1) is 0 Å². The highest BCUT2D eigenvalue weighted by atomic mass is 32.2. The van der Waals surface area contributed by atoms with Gasteiger partial charge in [-0.2, -0.15) is 11.8 Å². The van der Waals surface area contributed by atoms with E-state index in [0.717, 1.165) is 10.7 Å². The molecule has 27 heavy (non-hydrogen) atoms. The number of ether oxygens (including phenoxy) is 1. The lowest BCUT2D eigenvalue weighted by molar-refractivity contribution is -0.135. The van der Waals surface area contributed by atoms with E-state index in [-0.39, 0.29) is 6.61 Å². The van der Waals surface area contributed by atoms with E-state index in [0.29, 0.717) is 17.7 Å². The summed E-state index contributed by atoms with van der Waals surface area (Å²) in [4.78, 5) is 38.3. The van der Waals surface area contributed by atoms with E-state index in [2.05, 4.69) is 10.6 Å². The molecule has 0 aromatic heterocycles. The quantitative estimate of drug-likeness (QED) is 0.531. The number of aliphatic hydroxyl groups excluding tert-OH is 1. The Morgan fingerprint density at radius 2 is 2.04 bits per heavy atom.